The molecule has 0 fully saturated rings. The zero-order chi connectivity index (χ0) is 9.68. The van der Waals surface area contributed by atoms with Crippen LogP contribution < -0.4 is 0 Å². The fraction of sp³-hybridized carbons (Fsp3) is 0.333. The quantitative estimate of drug-likeness (QED) is 0.491. The summed E-state index contributed by atoms with van der Waals surface area (Å²) in [5.41, 5.74) is 1.30. The highest BCUT2D eigenvalue weighted by Gasteiger charge is 2.06. The Kier molecular flexibility index (Phi) is 3.40. The van der Waals surface area contributed by atoms with Crippen molar-refractivity contribution in [2.24, 2.45) is 0 Å². The van der Waals surface area contributed by atoms with Gasteiger partial charge >= 0.3 is 0 Å². The van der Waals surface area contributed by atoms with Gasteiger partial charge in [-0.25, -0.2) is 0 Å². The van der Waals surface area contributed by atoms with Crippen molar-refractivity contribution in [3.05, 3.63) is 35.9 Å². The second kappa shape index (κ2) is 4.57. The zero-order valence-corrected chi connectivity index (χ0v) is 8.41. The molecule has 0 saturated carbocycles. The molecule has 0 bridgehead atoms. The van der Waals surface area contributed by atoms with Gasteiger partial charge in [0.2, 0.25) is 0 Å². The fourth-order valence-corrected chi connectivity index (χ4v) is 1.23. The van der Waals surface area contributed by atoms with Gasteiger partial charge in [-0.1, -0.05) is 36.3 Å². The van der Waals surface area contributed by atoms with Crippen LogP contribution in [0.3, 0.4) is 0 Å². The largest absolute Gasteiger partial charge is 0.329 e. The van der Waals surface area contributed by atoms with Gasteiger partial charge in [-0.15, -0.1) is 0 Å². The van der Waals surface area contributed by atoms with E-state index in [1.807, 2.05) is 24.9 Å². The molecule has 1 aromatic carbocycles. The number of benzene rings is 1. The molecule has 0 saturated heterocycles. The van der Waals surface area contributed by atoms with Crippen molar-refractivity contribution in [2.75, 3.05) is 7.05 Å². The summed E-state index contributed by atoms with van der Waals surface area (Å²) in [4.78, 5) is 2.02. The molecule has 1 atom stereocenters. The summed E-state index contributed by atoms with van der Waals surface area (Å²) in [6.07, 6.45) is 0. The predicted molar refractivity (Wildman–Crippen MR) is 56.1 cm³/mol. The van der Waals surface area contributed by atoms with Gasteiger partial charge in [0, 0.05) is 13.1 Å². The molecule has 0 amide bonds. The summed E-state index contributed by atoms with van der Waals surface area (Å²) in [6.45, 7) is 4.01. The molecule has 0 spiro atoms. The first-order valence-corrected chi connectivity index (χ1v) is 4.46. The van der Waals surface area contributed by atoms with Crippen LogP contribution in [0.4, 0.5) is 0 Å². The lowest BCUT2D eigenvalue weighted by molar-refractivity contribution is 0.383. The van der Waals surface area contributed by atoms with Gasteiger partial charge < -0.3 is 4.90 Å². The molecule has 68 valence electrons. The SMILES string of the molecule is CC#CN(C)[C@@H](C)c1ccccc1. The van der Waals surface area contributed by atoms with Crippen LogP contribution >= 0.6 is 0 Å². The number of nitrogens with zero attached hydrogens (tertiary/aromatic N) is 1. The topological polar surface area (TPSA) is 3.24 Å². The smallest absolute Gasteiger partial charge is 0.0589 e. The van der Waals surface area contributed by atoms with Crippen LogP contribution in [0.15, 0.2) is 30.3 Å². The Labute approximate surface area is 80.4 Å². The number of hydrogen-bond donors (Lipinski definition) is 0. The lowest BCUT2D eigenvalue weighted by Crippen LogP contribution is -2.16. The monoisotopic (exact) mass is 173 g/mol. The van der Waals surface area contributed by atoms with Crippen molar-refractivity contribution >= 4 is 0 Å². The Morgan fingerprint density at radius 1 is 1.23 bits per heavy atom. The third-order valence-electron chi connectivity index (χ3n) is 2.15. The molecule has 1 rings (SSSR count). The van der Waals surface area contributed by atoms with Crippen LogP contribution in [0, 0.1) is 12.0 Å². The van der Waals surface area contributed by atoms with Crippen molar-refractivity contribution in [1.82, 2.24) is 4.90 Å². The molecule has 0 aliphatic heterocycles. The lowest BCUT2D eigenvalue weighted by atomic mass is 10.1. The molecule has 0 unspecified atom stereocenters. The first-order chi connectivity index (χ1) is 6.25. The van der Waals surface area contributed by atoms with Crippen molar-refractivity contribution in [2.45, 2.75) is 19.9 Å². The van der Waals surface area contributed by atoms with Crippen molar-refractivity contribution in [3.8, 4) is 12.0 Å². The molecule has 0 aliphatic carbocycles. The summed E-state index contributed by atoms with van der Waals surface area (Å²) in [5, 5.41) is 0. The zero-order valence-electron chi connectivity index (χ0n) is 8.41. The first-order valence-electron chi connectivity index (χ1n) is 4.46. The molecular weight excluding hydrogens is 158 g/mol. The van der Waals surface area contributed by atoms with E-state index in [1.165, 1.54) is 5.56 Å². The van der Waals surface area contributed by atoms with E-state index >= 15 is 0 Å². The summed E-state index contributed by atoms with van der Waals surface area (Å²) in [7, 11) is 2.01. The maximum atomic E-state index is 3.03. The van der Waals surface area contributed by atoms with Crippen LogP contribution in [-0.2, 0) is 0 Å². The van der Waals surface area contributed by atoms with E-state index in [-0.39, 0.29) is 0 Å². The third-order valence-corrected chi connectivity index (χ3v) is 2.15. The van der Waals surface area contributed by atoms with Crippen molar-refractivity contribution in [1.29, 1.82) is 0 Å². The second-order valence-corrected chi connectivity index (χ2v) is 3.06. The minimum Gasteiger partial charge on any atom is -0.329 e. The Morgan fingerprint density at radius 3 is 2.38 bits per heavy atom. The second-order valence-electron chi connectivity index (χ2n) is 3.06. The van der Waals surface area contributed by atoms with E-state index in [9.17, 15) is 0 Å². The minimum atomic E-state index is 0.355. The maximum Gasteiger partial charge on any atom is 0.0589 e. The predicted octanol–water partition coefficient (Wildman–Crippen LogP) is 2.66. The van der Waals surface area contributed by atoms with Crippen molar-refractivity contribution in [3.63, 3.8) is 0 Å². The van der Waals surface area contributed by atoms with Crippen LogP contribution in [0.25, 0.3) is 0 Å². The van der Waals surface area contributed by atoms with Crippen molar-refractivity contribution < 1.29 is 0 Å². The lowest BCUT2D eigenvalue weighted by Gasteiger charge is -2.20. The molecule has 1 heteroatoms. The first kappa shape index (κ1) is 9.67. The fourth-order valence-electron chi connectivity index (χ4n) is 1.23. The molecule has 0 N–H and O–H groups in total. The molecule has 0 aromatic heterocycles. The van der Waals surface area contributed by atoms with E-state index in [0.717, 1.165) is 0 Å². The average molecular weight is 173 g/mol. The summed E-state index contributed by atoms with van der Waals surface area (Å²) in [6, 6.07) is 13.8. The molecule has 1 aromatic rings. The number of rotatable bonds is 2. The maximum absolute atomic E-state index is 3.03. The summed E-state index contributed by atoms with van der Waals surface area (Å²) >= 11 is 0. The van der Waals surface area contributed by atoms with Gasteiger partial charge in [0.15, 0.2) is 0 Å². The Hall–Kier alpha value is -1.42. The Bertz CT molecular complexity index is 305. The Balaban J connectivity index is 2.77. The van der Waals surface area contributed by atoms with Gasteiger partial charge in [0.05, 0.1) is 6.04 Å². The van der Waals surface area contributed by atoms with Gasteiger partial charge in [0.1, 0.15) is 0 Å². The van der Waals surface area contributed by atoms with Crippen LogP contribution in [-0.4, -0.2) is 11.9 Å². The normalized spacial score (nSPS) is 11.3. The average Bonchev–Trinajstić information content (AvgIpc) is 2.18. The molecule has 0 radical (unpaired) electrons. The summed E-state index contributed by atoms with van der Waals surface area (Å²) < 4.78 is 0. The van der Waals surface area contributed by atoms with E-state index in [2.05, 4.69) is 43.2 Å². The number of hydrogen-bond acceptors (Lipinski definition) is 1. The highest BCUT2D eigenvalue weighted by Crippen LogP contribution is 2.16. The van der Waals surface area contributed by atoms with E-state index in [4.69, 9.17) is 0 Å². The van der Waals surface area contributed by atoms with E-state index in [0.29, 0.717) is 6.04 Å². The molecule has 0 heterocycles. The summed E-state index contributed by atoms with van der Waals surface area (Å²) in [5.74, 6) is 2.89. The highest BCUT2D eigenvalue weighted by atomic mass is 15.1. The van der Waals surface area contributed by atoms with E-state index in [1.54, 1.807) is 0 Å². The van der Waals surface area contributed by atoms with Gasteiger partial charge in [-0.05, 0) is 19.4 Å². The molecular formula is C12H15N. The molecule has 0 aliphatic rings. The van der Waals surface area contributed by atoms with Crippen LogP contribution in [0.5, 0.6) is 0 Å². The van der Waals surface area contributed by atoms with Crippen LogP contribution in [0.2, 0.25) is 0 Å². The van der Waals surface area contributed by atoms with Gasteiger partial charge in [-0.2, -0.15) is 0 Å². The molecule has 1 nitrogen and oxygen atoms in total. The third kappa shape index (κ3) is 2.52. The van der Waals surface area contributed by atoms with Crippen LogP contribution in [0.1, 0.15) is 25.5 Å². The van der Waals surface area contributed by atoms with Gasteiger partial charge in [-0.3, -0.25) is 0 Å². The van der Waals surface area contributed by atoms with E-state index < -0.39 is 0 Å². The highest BCUT2D eigenvalue weighted by molar-refractivity contribution is 5.19. The standard InChI is InChI=1S/C12H15N/c1-4-10-13(3)11(2)12-8-6-5-7-9-12/h5-9,11H,1-3H3/t11-/m0/s1. The molecule has 13 heavy (non-hydrogen) atoms. The minimum absolute atomic E-state index is 0.355. The Morgan fingerprint density at radius 2 is 1.85 bits per heavy atom. The van der Waals surface area contributed by atoms with Gasteiger partial charge in [0.25, 0.3) is 0 Å².